The van der Waals surface area contributed by atoms with Crippen LogP contribution in [0, 0.1) is 13.8 Å². The molecule has 3 aliphatic rings. The van der Waals surface area contributed by atoms with Gasteiger partial charge in [0.05, 0.1) is 30.4 Å². The molecule has 4 nitrogen and oxygen atoms in total. The van der Waals surface area contributed by atoms with Crippen molar-refractivity contribution in [2.75, 3.05) is 12.0 Å². The number of amidine groups is 1. The number of anilines is 1. The predicted octanol–water partition coefficient (Wildman–Crippen LogP) is 7.35. The van der Waals surface area contributed by atoms with Gasteiger partial charge in [-0.05, 0) is 85.9 Å². The molecule has 2 aliphatic carbocycles. The summed E-state index contributed by atoms with van der Waals surface area (Å²) < 4.78 is 5.71. The van der Waals surface area contributed by atoms with Gasteiger partial charge in [-0.2, -0.15) is 0 Å². The number of para-hydroxylation sites is 1. The smallest absolute Gasteiger partial charge is 0.138 e. The van der Waals surface area contributed by atoms with Gasteiger partial charge in [-0.25, -0.2) is 4.99 Å². The molecule has 0 N–H and O–H groups in total. The molecule has 3 aromatic rings. The Labute approximate surface area is 201 Å². The molecular formula is C30H29N3O. The van der Waals surface area contributed by atoms with Gasteiger partial charge in [-0.15, -0.1) is 0 Å². The summed E-state index contributed by atoms with van der Waals surface area (Å²) in [5, 5.41) is 0. The highest BCUT2D eigenvalue weighted by molar-refractivity contribution is 6.20. The Morgan fingerprint density at radius 2 is 1.74 bits per heavy atom. The maximum atomic E-state index is 5.71. The minimum absolute atomic E-state index is 0.591. The molecule has 34 heavy (non-hydrogen) atoms. The molecule has 0 saturated heterocycles. The zero-order valence-electron chi connectivity index (χ0n) is 20.0. The molecule has 0 radical (unpaired) electrons. The summed E-state index contributed by atoms with van der Waals surface area (Å²) in [5.41, 5.74) is 11.1. The predicted molar refractivity (Wildman–Crippen MR) is 140 cm³/mol. The molecule has 170 valence electrons. The fraction of sp³-hybridized carbons (Fsp3) is 0.267. The van der Waals surface area contributed by atoms with Crippen LogP contribution in [0.4, 0.5) is 11.4 Å². The van der Waals surface area contributed by atoms with Gasteiger partial charge in [0.2, 0.25) is 0 Å². The van der Waals surface area contributed by atoms with Crippen LogP contribution in [0.1, 0.15) is 59.4 Å². The third-order valence-electron chi connectivity index (χ3n) is 6.96. The van der Waals surface area contributed by atoms with Crippen molar-refractivity contribution in [1.82, 2.24) is 4.98 Å². The van der Waals surface area contributed by atoms with Gasteiger partial charge >= 0.3 is 0 Å². The molecule has 2 saturated carbocycles. The Balaban J connectivity index is 1.53. The quantitative estimate of drug-likeness (QED) is 0.410. The topological polar surface area (TPSA) is 37.7 Å². The number of nitrogens with zero attached hydrogens (tertiary/aromatic N) is 3. The highest BCUT2D eigenvalue weighted by atomic mass is 16.5. The van der Waals surface area contributed by atoms with Gasteiger partial charge in [-0.3, -0.25) is 9.88 Å². The molecule has 2 heterocycles. The second-order valence-corrected chi connectivity index (χ2v) is 9.46. The average Bonchev–Trinajstić information content (AvgIpc) is 3.76. The molecule has 4 heteroatoms. The number of allylic oxidation sites excluding steroid dienone is 1. The first-order valence-electron chi connectivity index (χ1n) is 12.1. The number of methoxy groups -OCH3 is 1. The normalized spacial score (nSPS) is 17.1. The summed E-state index contributed by atoms with van der Waals surface area (Å²) in [7, 11) is 1.76. The number of rotatable bonds is 5. The van der Waals surface area contributed by atoms with E-state index >= 15 is 0 Å². The third-order valence-corrected chi connectivity index (χ3v) is 6.96. The Morgan fingerprint density at radius 1 is 0.971 bits per heavy atom. The standard InChI is InChI=1S/C30H29N3O/c1-19-6-4-7-20(2)29(19)33-27(32-25-18-31-17-16-24(25)30(33)23-12-13-23)15-14-21-8-5-9-26(34-3)28(21)22-10-11-22/h4-9,14-18,22H,10-13H2,1-3H3/b15-14+. The number of aryl methyl sites for hydroxylation is 2. The van der Waals surface area contributed by atoms with E-state index in [1.165, 1.54) is 57.6 Å². The number of aliphatic imine (C=N–C) groups is 1. The van der Waals surface area contributed by atoms with E-state index in [0.717, 1.165) is 30.1 Å². The van der Waals surface area contributed by atoms with Crippen LogP contribution in [0.25, 0.3) is 11.8 Å². The van der Waals surface area contributed by atoms with E-state index in [1.54, 1.807) is 7.11 Å². The van der Waals surface area contributed by atoms with E-state index in [9.17, 15) is 0 Å². The summed E-state index contributed by atoms with van der Waals surface area (Å²) in [6.45, 7) is 4.38. The van der Waals surface area contributed by atoms with Crippen LogP contribution in [-0.4, -0.2) is 17.9 Å². The van der Waals surface area contributed by atoms with Crippen molar-refractivity contribution >= 4 is 29.0 Å². The first-order chi connectivity index (χ1) is 16.7. The number of ether oxygens (including phenoxy) is 1. The lowest BCUT2D eigenvalue weighted by Crippen LogP contribution is -2.32. The van der Waals surface area contributed by atoms with E-state index in [0.29, 0.717) is 5.92 Å². The maximum Gasteiger partial charge on any atom is 0.138 e. The summed E-state index contributed by atoms with van der Waals surface area (Å²) >= 11 is 0. The lowest BCUT2D eigenvalue weighted by molar-refractivity contribution is 0.409. The zero-order valence-corrected chi connectivity index (χ0v) is 20.0. The van der Waals surface area contributed by atoms with Crippen LogP contribution in [-0.2, 0) is 0 Å². The van der Waals surface area contributed by atoms with Crippen LogP contribution < -0.4 is 9.64 Å². The number of fused-ring (bicyclic) bond motifs is 1. The van der Waals surface area contributed by atoms with Crippen LogP contribution in [0.5, 0.6) is 5.75 Å². The summed E-state index contributed by atoms with van der Waals surface area (Å²) in [5.74, 6) is 2.50. The van der Waals surface area contributed by atoms with Gasteiger partial charge in [0.1, 0.15) is 11.6 Å². The Morgan fingerprint density at radius 3 is 2.44 bits per heavy atom. The third kappa shape index (κ3) is 3.63. The average molecular weight is 448 g/mol. The Kier molecular flexibility index (Phi) is 5.09. The SMILES string of the molecule is COc1cccc(/C=C/C2=Nc3cnccc3C(=C3CC3)N2c2c(C)cccc2C)c1C1CC1. The van der Waals surface area contributed by atoms with Crippen molar-refractivity contribution in [3.8, 4) is 5.75 Å². The van der Waals surface area contributed by atoms with Gasteiger partial charge in [-0.1, -0.05) is 36.4 Å². The molecule has 1 aromatic heterocycles. The van der Waals surface area contributed by atoms with E-state index in [1.807, 2.05) is 12.4 Å². The van der Waals surface area contributed by atoms with Gasteiger partial charge in [0, 0.05) is 17.3 Å². The molecule has 0 amide bonds. The van der Waals surface area contributed by atoms with Crippen LogP contribution in [0.15, 0.2) is 71.5 Å². The van der Waals surface area contributed by atoms with Crippen molar-refractivity contribution in [1.29, 1.82) is 0 Å². The van der Waals surface area contributed by atoms with Crippen molar-refractivity contribution in [2.24, 2.45) is 4.99 Å². The van der Waals surface area contributed by atoms with E-state index in [-0.39, 0.29) is 0 Å². The van der Waals surface area contributed by atoms with Crippen LogP contribution >= 0.6 is 0 Å². The number of hydrogen-bond donors (Lipinski definition) is 0. The second kappa shape index (κ2) is 8.28. The summed E-state index contributed by atoms with van der Waals surface area (Å²) in [6.07, 6.45) is 12.9. The number of pyridine rings is 1. The van der Waals surface area contributed by atoms with E-state index < -0.39 is 0 Å². The molecular weight excluding hydrogens is 418 g/mol. The molecule has 2 fully saturated rings. The highest BCUT2D eigenvalue weighted by Gasteiger charge is 2.33. The van der Waals surface area contributed by atoms with Crippen molar-refractivity contribution in [3.63, 3.8) is 0 Å². The fourth-order valence-electron chi connectivity index (χ4n) is 5.09. The van der Waals surface area contributed by atoms with Crippen molar-refractivity contribution in [2.45, 2.75) is 45.4 Å². The fourth-order valence-corrected chi connectivity index (χ4v) is 5.09. The van der Waals surface area contributed by atoms with E-state index in [4.69, 9.17) is 9.73 Å². The minimum Gasteiger partial charge on any atom is -0.496 e. The van der Waals surface area contributed by atoms with Gasteiger partial charge in [0.15, 0.2) is 0 Å². The Bertz CT molecular complexity index is 1350. The summed E-state index contributed by atoms with van der Waals surface area (Å²) in [4.78, 5) is 11.9. The number of benzene rings is 2. The maximum absolute atomic E-state index is 5.71. The molecule has 0 bridgehead atoms. The summed E-state index contributed by atoms with van der Waals surface area (Å²) in [6, 6.07) is 15.0. The van der Waals surface area contributed by atoms with Gasteiger partial charge < -0.3 is 4.74 Å². The zero-order chi connectivity index (χ0) is 23.2. The molecule has 2 aromatic carbocycles. The molecule has 1 aliphatic heterocycles. The monoisotopic (exact) mass is 447 g/mol. The van der Waals surface area contributed by atoms with E-state index in [2.05, 4.69) is 78.3 Å². The first-order valence-corrected chi connectivity index (χ1v) is 12.1. The first kappa shape index (κ1) is 20.9. The molecule has 6 rings (SSSR count). The Hall–Kier alpha value is -3.66. The lowest BCUT2D eigenvalue weighted by Gasteiger charge is -2.34. The molecule has 0 spiro atoms. The molecule has 0 unspecified atom stereocenters. The van der Waals surface area contributed by atoms with Crippen molar-refractivity contribution in [3.05, 3.63) is 94.3 Å². The van der Waals surface area contributed by atoms with Gasteiger partial charge in [0.25, 0.3) is 0 Å². The number of aromatic nitrogens is 1. The molecule has 0 atom stereocenters. The highest BCUT2D eigenvalue weighted by Crippen LogP contribution is 2.48. The van der Waals surface area contributed by atoms with Crippen molar-refractivity contribution < 1.29 is 4.74 Å². The lowest BCUT2D eigenvalue weighted by atomic mass is 9.99. The second-order valence-electron chi connectivity index (χ2n) is 9.46. The number of hydrogen-bond acceptors (Lipinski definition) is 4. The minimum atomic E-state index is 0.591. The largest absolute Gasteiger partial charge is 0.496 e. The van der Waals surface area contributed by atoms with Crippen LogP contribution in [0.3, 0.4) is 0 Å². The van der Waals surface area contributed by atoms with Crippen LogP contribution in [0.2, 0.25) is 0 Å².